The van der Waals surface area contributed by atoms with Crippen LogP contribution >= 0.6 is 0 Å². The second-order valence-corrected chi connectivity index (χ2v) is 4.32. The molecule has 0 amide bonds. The average Bonchev–Trinajstić information content (AvgIpc) is 2.41. The van der Waals surface area contributed by atoms with Gasteiger partial charge in [0.1, 0.15) is 5.60 Å². The first-order valence-corrected chi connectivity index (χ1v) is 5.85. The highest BCUT2D eigenvalue weighted by Gasteiger charge is 2.28. The summed E-state index contributed by atoms with van der Waals surface area (Å²) in [6, 6.07) is 13.5. The van der Waals surface area contributed by atoms with Gasteiger partial charge >= 0.3 is 0 Å². The summed E-state index contributed by atoms with van der Waals surface area (Å²) in [5, 5.41) is 10.8. The van der Waals surface area contributed by atoms with E-state index in [-0.39, 0.29) is 6.42 Å². The molecule has 1 N–H and O–H groups in total. The molecule has 0 aliphatic carbocycles. The molecule has 0 radical (unpaired) electrons. The van der Waals surface area contributed by atoms with Crippen molar-refractivity contribution in [1.82, 2.24) is 4.98 Å². The van der Waals surface area contributed by atoms with Crippen LogP contribution in [0.25, 0.3) is 0 Å². The Hall–Kier alpha value is -2.11. The standard InChI is InChI=1S/C16H15NO/c1-2-10-16(18,15-9-6-11-17-13-15)12-14-7-4-3-5-8-14/h1,3-9,11,13,18H,10,12H2. The van der Waals surface area contributed by atoms with Gasteiger partial charge in [-0.25, -0.2) is 0 Å². The van der Waals surface area contributed by atoms with Gasteiger partial charge < -0.3 is 5.11 Å². The fraction of sp³-hybridized carbons (Fsp3) is 0.188. The second-order valence-electron chi connectivity index (χ2n) is 4.32. The molecule has 0 aliphatic heterocycles. The van der Waals surface area contributed by atoms with Gasteiger partial charge in [0.25, 0.3) is 0 Å². The highest BCUT2D eigenvalue weighted by atomic mass is 16.3. The Labute approximate surface area is 107 Å². The van der Waals surface area contributed by atoms with Crippen molar-refractivity contribution in [1.29, 1.82) is 0 Å². The zero-order chi connectivity index (χ0) is 12.8. The maximum atomic E-state index is 10.8. The van der Waals surface area contributed by atoms with Gasteiger partial charge in [0.15, 0.2) is 0 Å². The Morgan fingerprint density at radius 3 is 2.56 bits per heavy atom. The van der Waals surface area contributed by atoms with Crippen LogP contribution < -0.4 is 0 Å². The summed E-state index contributed by atoms with van der Waals surface area (Å²) in [7, 11) is 0. The monoisotopic (exact) mass is 237 g/mol. The van der Waals surface area contributed by atoms with Crippen molar-refractivity contribution in [2.45, 2.75) is 18.4 Å². The van der Waals surface area contributed by atoms with Gasteiger partial charge in [-0.3, -0.25) is 4.98 Å². The average molecular weight is 237 g/mol. The largest absolute Gasteiger partial charge is 0.384 e. The molecule has 1 atom stereocenters. The minimum atomic E-state index is -1.05. The van der Waals surface area contributed by atoms with E-state index in [1.54, 1.807) is 12.4 Å². The van der Waals surface area contributed by atoms with Crippen molar-refractivity contribution in [2.75, 3.05) is 0 Å². The minimum absolute atomic E-state index is 0.271. The quantitative estimate of drug-likeness (QED) is 0.829. The number of nitrogens with zero attached hydrogens (tertiary/aromatic N) is 1. The lowest BCUT2D eigenvalue weighted by molar-refractivity contribution is 0.0419. The van der Waals surface area contributed by atoms with Crippen molar-refractivity contribution < 1.29 is 5.11 Å². The predicted octanol–water partition coefficient (Wildman–Crippen LogP) is 2.54. The van der Waals surface area contributed by atoms with E-state index in [0.717, 1.165) is 11.1 Å². The van der Waals surface area contributed by atoms with E-state index < -0.39 is 5.60 Å². The summed E-state index contributed by atoms with van der Waals surface area (Å²) in [6.45, 7) is 0. The molecular weight excluding hydrogens is 222 g/mol. The molecule has 0 saturated carbocycles. The van der Waals surface area contributed by atoms with Crippen molar-refractivity contribution >= 4 is 0 Å². The number of hydrogen-bond acceptors (Lipinski definition) is 2. The van der Waals surface area contributed by atoms with E-state index in [1.165, 1.54) is 0 Å². The molecule has 90 valence electrons. The van der Waals surface area contributed by atoms with E-state index in [1.807, 2.05) is 42.5 Å². The molecular formula is C16H15NO. The van der Waals surface area contributed by atoms with E-state index in [9.17, 15) is 5.11 Å². The lowest BCUT2D eigenvalue weighted by Crippen LogP contribution is -2.28. The molecule has 1 aromatic heterocycles. The third-order valence-corrected chi connectivity index (χ3v) is 2.93. The summed E-state index contributed by atoms with van der Waals surface area (Å²) in [5.41, 5.74) is 0.760. The lowest BCUT2D eigenvalue weighted by atomic mass is 9.85. The Bertz CT molecular complexity index is 530. The summed E-state index contributed by atoms with van der Waals surface area (Å²) < 4.78 is 0. The van der Waals surface area contributed by atoms with Crippen LogP contribution in [0.5, 0.6) is 0 Å². The molecule has 0 bridgehead atoms. The fourth-order valence-corrected chi connectivity index (χ4v) is 2.01. The normalized spacial score (nSPS) is 13.6. The minimum Gasteiger partial charge on any atom is -0.384 e. The molecule has 1 heterocycles. The van der Waals surface area contributed by atoms with Crippen LogP contribution in [-0.4, -0.2) is 10.1 Å². The molecule has 2 nitrogen and oxygen atoms in total. The Morgan fingerprint density at radius 2 is 1.94 bits per heavy atom. The predicted molar refractivity (Wildman–Crippen MR) is 71.7 cm³/mol. The molecule has 1 unspecified atom stereocenters. The Morgan fingerprint density at radius 1 is 1.17 bits per heavy atom. The number of terminal acetylenes is 1. The molecule has 18 heavy (non-hydrogen) atoms. The van der Waals surface area contributed by atoms with Gasteiger partial charge in [0, 0.05) is 30.8 Å². The highest BCUT2D eigenvalue weighted by Crippen LogP contribution is 2.28. The van der Waals surface area contributed by atoms with Crippen molar-refractivity contribution in [3.8, 4) is 12.3 Å². The van der Waals surface area contributed by atoms with Crippen LogP contribution in [0.4, 0.5) is 0 Å². The van der Waals surface area contributed by atoms with Gasteiger partial charge in [-0.2, -0.15) is 0 Å². The maximum absolute atomic E-state index is 10.8. The van der Waals surface area contributed by atoms with Crippen molar-refractivity contribution in [3.05, 3.63) is 66.0 Å². The zero-order valence-corrected chi connectivity index (χ0v) is 10.1. The topological polar surface area (TPSA) is 33.1 Å². The third-order valence-electron chi connectivity index (χ3n) is 2.93. The lowest BCUT2D eigenvalue weighted by Gasteiger charge is -2.26. The van der Waals surface area contributed by atoms with Gasteiger partial charge in [-0.05, 0) is 11.6 Å². The molecule has 1 aromatic carbocycles. The van der Waals surface area contributed by atoms with Crippen LogP contribution in [0.1, 0.15) is 17.5 Å². The molecule has 0 spiro atoms. The summed E-state index contributed by atoms with van der Waals surface area (Å²) >= 11 is 0. The number of benzene rings is 1. The number of rotatable bonds is 4. The maximum Gasteiger partial charge on any atom is 0.106 e. The summed E-state index contributed by atoms with van der Waals surface area (Å²) in [6.07, 6.45) is 9.49. The Balaban J connectivity index is 2.31. The molecule has 2 heteroatoms. The first-order chi connectivity index (χ1) is 8.74. The summed E-state index contributed by atoms with van der Waals surface area (Å²) in [4.78, 5) is 4.05. The van der Waals surface area contributed by atoms with E-state index >= 15 is 0 Å². The Kier molecular flexibility index (Phi) is 3.76. The highest BCUT2D eigenvalue weighted by molar-refractivity contribution is 5.26. The third kappa shape index (κ3) is 2.77. The van der Waals surface area contributed by atoms with Gasteiger partial charge in [-0.1, -0.05) is 36.4 Å². The van der Waals surface area contributed by atoms with E-state index in [2.05, 4.69) is 10.9 Å². The number of aliphatic hydroxyl groups is 1. The molecule has 2 rings (SSSR count). The van der Waals surface area contributed by atoms with E-state index in [4.69, 9.17) is 6.42 Å². The van der Waals surface area contributed by atoms with Gasteiger partial charge in [0.2, 0.25) is 0 Å². The van der Waals surface area contributed by atoms with E-state index in [0.29, 0.717) is 6.42 Å². The van der Waals surface area contributed by atoms with Crippen molar-refractivity contribution in [2.24, 2.45) is 0 Å². The first-order valence-electron chi connectivity index (χ1n) is 5.85. The molecule has 0 fully saturated rings. The smallest absolute Gasteiger partial charge is 0.106 e. The van der Waals surface area contributed by atoms with Gasteiger partial charge in [-0.15, -0.1) is 12.3 Å². The van der Waals surface area contributed by atoms with Crippen LogP contribution in [0.2, 0.25) is 0 Å². The van der Waals surface area contributed by atoms with Crippen LogP contribution in [0, 0.1) is 12.3 Å². The molecule has 0 saturated heterocycles. The molecule has 0 aliphatic rings. The second kappa shape index (κ2) is 5.48. The molecule has 2 aromatic rings. The van der Waals surface area contributed by atoms with Crippen LogP contribution in [0.15, 0.2) is 54.9 Å². The number of pyridine rings is 1. The number of hydrogen-bond donors (Lipinski definition) is 1. The van der Waals surface area contributed by atoms with Gasteiger partial charge in [0.05, 0.1) is 0 Å². The SMILES string of the molecule is C#CCC(O)(Cc1ccccc1)c1cccnc1. The fourth-order valence-electron chi connectivity index (χ4n) is 2.01. The van der Waals surface area contributed by atoms with Crippen LogP contribution in [-0.2, 0) is 12.0 Å². The number of aromatic nitrogens is 1. The van der Waals surface area contributed by atoms with Crippen molar-refractivity contribution in [3.63, 3.8) is 0 Å². The summed E-state index contributed by atoms with van der Waals surface area (Å²) in [5.74, 6) is 2.55. The zero-order valence-electron chi connectivity index (χ0n) is 10.1. The first kappa shape index (κ1) is 12.3. The van der Waals surface area contributed by atoms with Crippen LogP contribution in [0.3, 0.4) is 0 Å².